The molecule has 140 valence electrons. The average Bonchev–Trinajstić information content (AvgIpc) is 3.15. The minimum Gasteiger partial charge on any atom is -0.454 e. The van der Waals surface area contributed by atoms with E-state index in [1.807, 2.05) is 30.5 Å². The summed E-state index contributed by atoms with van der Waals surface area (Å²) in [4.78, 5) is 43.4. The summed E-state index contributed by atoms with van der Waals surface area (Å²) in [6.45, 7) is 1.67. The number of esters is 1. The highest BCUT2D eigenvalue weighted by Crippen LogP contribution is 2.12. The first-order valence-electron chi connectivity index (χ1n) is 8.32. The fourth-order valence-corrected chi connectivity index (χ4v) is 3.37. The monoisotopic (exact) mass is 385 g/mol. The maximum atomic E-state index is 12.5. The molecular weight excluding hydrogens is 366 g/mol. The van der Waals surface area contributed by atoms with Gasteiger partial charge in [-0.25, -0.2) is 4.98 Å². The molecule has 0 aliphatic carbocycles. The first-order valence-corrected chi connectivity index (χ1v) is 9.20. The van der Waals surface area contributed by atoms with Crippen LogP contribution in [0.3, 0.4) is 0 Å². The summed E-state index contributed by atoms with van der Waals surface area (Å²) in [6, 6.07) is 9.15. The Labute approximate surface area is 159 Å². The summed E-state index contributed by atoms with van der Waals surface area (Å²) in [5.41, 5.74) is 1.18. The Hall–Kier alpha value is -3.00. The van der Waals surface area contributed by atoms with E-state index < -0.39 is 5.97 Å². The number of fused-ring (bicyclic) bond motifs is 1. The first kappa shape index (κ1) is 18.8. The third kappa shape index (κ3) is 4.40. The highest BCUT2D eigenvalue weighted by atomic mass is 32.1. The number of para-hydroxylation sites is 1. The van der Waals surface area contributed by atoms with Gasteiger partial charge in [-0.1, -0.05) is 18.2 Å². The number of rotatable bonds is 6. The molecule has 0 radical (unpaired) electrons. The number of likely N-dealkylation sites (N-methyl/N-ethyl adjacent to an activating group) is 1. The molecule has 3 rings (SSSR count). The standard InChI is InChI=1S/C19H19N3O4S/c1-13-5-3-7-15-18(13)20-12-22(19(15)25)10-17(24)26-11-16(23)21(2)9-14-6-4-8-27-14/h3-8,12H,9-11H2,1-2H3. The molecule has 0 N–H and O–H groups in total. The Bertz CT molecular complexity index is 1030. The molecule has 0 spiro atoms. The average molecular weight is 385 g/mol. The van der Waals surface area contributed by atoms with Crippen LogP contribution in [0.15, 0.2) is 46.8 Å². The Morgan fingerprint density at radius 3 is 2.81 bits per heavy atom. The van der Waals surface area contributed by atoms with Crippen LogP contribution in [0.25, 0.3) is 10.9 Å². The molecule has 0 saturated heterocycles. The molecule has 2 aromatic heterocycles. The van der Waals surface area contributed by atoms with Crippen LogP contribution in [0.1, 0.15) is 10.4 Å². The van der Waals surface area contributed by atoms with Crippen molar-refractivity contribution in [1.29, 1.82) is 0 Å². The number of hydrogen-bond donors (Lipinski definition) is 0. The molecule has 1 amide bonds. The lowest BCUT2D eigenvalue weighted by molar-refractivity contribution is -0.152. The molecule has 0 bridgehead atoms. The second-order valence-electron chi connectivity index (χ2n) is 6.14. The largest absolute Gasteiger partial charge is 0.454 e. The summed E-state index contributed by atoms with van der Waals surface area (Å²) < 4.78 is 6.21. The van der Waals surface area contributed by atoms with Crippen LogP contribution in [-0.2, 0) is 27.4 Å². The topological polar surface area (TPSA) is 81.5 Å². The molecule has 3 aromatic rings. The lowest BCUT2D eigenvalue weighted by atomic mass is 10.1. The van der Waals surface area contributed by atoms with Gasteiger partial charge in [-0.05, 0) is 30.0 Å². The fraction of sp³-hybridized carbons (Fsp3) is 0.263. The molecule has 0 fully saturated rings. The molecule has 0 saturated carbocycles. The lowest BCUT2D eigenvalue weighted by Gasteiger charge is -2.16. The number of aryl methyl sites for hydroxylation is 1. The van der Waals surface area contributed by atoms with Gasteiger partial charge in [0.25, 0.3) is 11.5 Å². The van der Waals surface area contributed by atoms with E-state index in [0.29, 0.717) is 17.4 Å². The molecule has 0 aliphatic heterocycles. The third-order valence-electron chi connectivity index (χ3n) is 4.11. The second-order valence-corrected chi connectivity index (χ2v) is 7.17. The predicted octanol–water partition coefficient (Wildman–Crippen LogP) is 1.97. The van der Waals surface area contributed by atoms with Crippen molar-refractivity contribution in [1.82, 2.24) is 14.5 Å². The van der Waals surface area contributed by atoms with Crippen LogP contribution in [0.5, 0.6) is 0 Å². The van der Waals surface area contributed by atoms with Gasteiger partial charge in [0.05, 0.1) is 23.8 Å². The third-order valence-corrected chi connectivity index (χ3v) is 4.97. The molecule has 0 aliphatic rings. The number of benzene rings is 1. The Kier molecular flexibility index (Phi) is 5.66. The van der Waals surface area contributed by atoms with Crippen molar-refractivity contribution < 1.29 is 14.3 Å². The SMILES string of the molecule is Cc1cccc2c(=O)n(CC(=O)OCC(=O)N(C)Cc3cccs3)cnc12. The van der Waals surface area contributed by atoms with Gasteiger partial charge in [0.2, 0.25) is 0 Å². The number of nitrogens with zero attached hydrogens (tertiary/aromatic N) is 3. The molecule has 7 nitrogen and oxygen atoms in total. The Morgan fingerprint density at radius 1 is 1.26 bits per heavy atom. The molecule has 27 heavy (non-hydrogen) atoms. The molecular formula is C19H19N3O4S. The zero-order valence-electron chi connectivity index (χ0n) is 15.0. The summed E-state index contributed by atoms with van der Waals surface area (Å²) in [7, 11) is 1.65. The van der Waals surface area contributed by atoms with E-state index in [0.717, 1.165) is 10.4 Å². The summed E-state index contributed by atoms with van der Waals surface area (Å²) in [5, 5.41) is 2.38. The van der Waals surface area contributed by atoms with E-state index in [4.69, 9.17) is 4.74 Å². The minimum atomic E-state index is -0.663. The molecule has 0 atom stereocenters. The quantitative estimate of drug-likeness (QED) is 0.606. The van der Waals surface area contributed by atoms with Gasteiger partial charge in [0.1, 0.15) is 6.54 Å². The molecule has 2 heterocycles. The van der Waals surface area contributed by atoms with Crippen LogP contribution < -0.4 is 5.56 Å². The normalized spacial score (nSPS) is 10.7. The number of amides is 1. The van der Waals surface area contributed by atoms with Gasteiger partial charge in [0, 0.05) is 11.9 Å². The van der Waals surface area contributed by atoms with E-state index in [-0.39, 0.29) is 24.6 Å². The van der Waals surface area contributed by atoms with Gasteiger partial charge in [-0.15, -0.1) is 11.3 Å². The molecule has 1 aromatic carbocycles. The number of carbonyl (C=O) groups excluding carboxylic acids is 2. The van der Waals surface area contributed by atoms with Gasteiger partial charge in [-0.3, -0.25) is 19.0 Å². The molecule has 8 heteroatoms. The van der Waals surface area contributed by atoms with Crippen molar-refractivity contribution in [3.8, 4) is 0 Å². The zero-order chi connectivity index (χ0) is 19.4. The number of thiophene rings is 1. The van der Waals surface area contributed by atoms with Crippen molar-refractivity contribution in [2.75, 3.05) is 13.7 Å². The second kappa shape index (κ2) is 8.13. The van der Waals surface area contributed by atoms with Crippen molar-refractivity contribution in [2.24, 2.45) is 0 Å². The highest BCUT2D eigenvalue weighted by Gasteiger charge is 2.14. The highest BCUT2D eigenvalue weighted by molar-refractivity contribution is 7.09. The van der Waals surface area contributed by atoms with Crippen molar-refractivity contribution >= 4 is 34.1 Å². The number of carbonyl (C=O) groups is 2. The summed E-state index contributed by atoms with van der Waals surface area (Å²) >= 11 is 1.55. The molecule has 0 unspecified atom stereocenters. The van der Waals surface area contributed by atoms with E-state index in [9.17, 15) is 14.4 Å². The Morgan fingerprint density at radius 2 is 2.07 bits per heavy atom. The van der Waals surface area contributed by atoms with Gasteiger partial charge in [-0.2, -0.15) is 0 Å². The predicted molar refractivity (Wildman–Crippen MR) is 102 cm³/mol. The van der Waals surface area contributed by atoms with Gasteiger partial charge < -0.3 is 9.64 Å². The van der Waals surface area contributed by atoms with E-state index in [2.05, 4.69) is 4.98 Å². The number of hydrogen-bond acceptors (Lipinski definition) is 6. The number of aromatic nitrogens is 2. The summed E-state index contributed by atoms with van der Waals surface area (Å²) in [6.07, 6.45) is 1.32. The smallest absolute Gasteiger partial charge is 0.326 e. The van der Waals surface area contributed by atoms with Gasteiger partial charge in [0.15, 0.2) is 6.61 Å². The van der Waals surface area contributed by atoms with Crippen molar-refractivity contribution in [2.45, 2.75) is 20.0 Å². The Balaban J connectivity index is 1.59. The lowest BCUT2D eigenvalue weighted by Crippen LogP contribution is -2.32. The van der Waals surface area contributed by atoms with Crippen LogP contribution in [0, 0.1) is 6.92 Å². The maximum Gasteiger partial charge on any atom is 0.326 e. The van der Waals surface area contributed by atoms with Crippen molar-refractivity contribution in [3.63, 3.8) is 0 Å². The minimum absolute atomic E-state index is 0.294. The first-order chi connectivity index (χ1) is 13.0. The van der Waals surface area contributed by atoms with E-state index in [1.165, 1.54) is 15.8 Å². The van der Waals surface area contributed by atoms with Gasteiger partial charge >= 0.3 is 5.97 Å². The van der Waals surface area contributed by atoms with E-state index >= 15 is 0 Å². The summed E-state index contributed by atoms with van der Waals surface area (Å²) in [5.74, 6) is -0.972. The van der Waals surface area contributed by atoms with Crippen LogP contribution in [0.2, 0.25) is 0 Å². The fourth-order valence-electron chi connectivity index (χ4n) is 2.61. The van der Waals surface area contributed by atoms with Crippen LogP contribution in [0.4, 0.5) is 0 Å². The number of ether oxygens (including phenoxy) is 1. The van der Waals surface area contributed by atoms with E-state index in [1.54, 1.807) is 30.5 Å². The van der Waals surface area contributed by atoms with Crippen LogP contribution in [-0.4, -0.2) is 40.0 Å². The van der Waals surface area contributed by atoms with Crippen molar-refractivity contribution in [3.05, 3.63) is 62.8 Å². The zero-order valence-corrected chi connectivity index (χ0v) is 15.9. The van der Waals surface area contributed by atoms with Crippen LogP contribution >= 0.6 is 11.3 Å². The maximum absolute atomic E-state index is 12.5.